The molecule has 2 aromatic carbocycles. The van der Waals surface area contributed by atoms with Crippen molar-refractivity contribution in [1.82, 2.24) is 4.90 Å². The normalized spacial score (nSPS) is 14.8. The summed E-state index contributed by atoms with van der Waals surface area (Å²) in [4.78, 5) is 27.0. The lowest BCUT2D eigenvalue weighted by Crippen LogP contribution is -2.32. The van der Waals surface area contributed by atoms with E-state index in [4.69, 9.17) is 14.2 Å². The number of rotatable bonds is 10. The van der Waals surface area contributed by atoms with Crippen molar-refractivity contribution in [3.05, 3.63) is 69.1 Å². The predicted octanol–water partition coefficient (Wildman–Crippen LogP) is 6.57. The highest BCUT2D eigenvalue weighted by Crippen LogP contribution is 2.39. The van der Waals surface area contributed by atoms with Gasteiger partial charge in [-0.05, 0) is 81.5 Å². The molecular weight excluding hydrogens is 518 g/mol. The molecule has 0 bridgehead atoms. The second kappa shape index (κ2) is 11.6. The second-order valence-corrected chi connectivity index (χ2v) is 9.86. The second-order valence-electron chi connectivity index (χ2n) is 8.01. The molecule has 3 rings (SSSR count). The van der Waals surface area contributed by atoms with E-state index in [-0.39, 0.29) is 24.3 Å². The molecule has 0 aliphatic carbocycles. The van der Waals surface area contributed by atoms with E-state index in [1.165, 1.54) is 4.90 Å². The molecule has 6 nitrogen and oxygen atoms in total. The minimum absolute atomic E-state index is 0.175. The van der Waals surface area contributed by atoms with E-state index in [0.29, 0.717) is 39.0 Å². The van der Waals surface area contributed by atoms with Gasteiger partial charge in [0.15, 0.2) is 11.5 Å². The summed E-state index contributed by atoms with van der Waals surface area (Å²) in [5.41, 5.74) is 2.90. The zero-order chi connectivity index (χ0) is 24.8. The fourth-order valence-electron chi connectivity index (χ4n) is 3.44. The zero-order valence-corrected chi connectivity index (χ0v) is 22.1. The topological polar surface area (TPSA) is 65.1 Å². The van der Waals surface area contributed by atoms with Crippen LogP contribution in [-0.2, 0) is 4.79 Å². The summed E-state index contributed by atoms with van der Waals surface area (Å²) in [6.07, 6.45) is 3.32. The molecule has 0 spiro atoms. The highest BCUT2D eigenvalue weighted by molar-refractivity contribution is 9.10. The van der Waals surface area contributed by atoms with Gasteiger partial charge in [-0.3, -0.25) is 14.5 Å². The van der Waals surface area contributed by atoms with Crippen molar-refractivity contribution in [1.29, 1.82) is 0 Å². The molecule has 1 heterocycles. The Morgan fingerprint density at radius 1 is 1.15 bits per heavy atom. The summed E-state index contributed by atoms with van der Waals surface area (Å²) < 4.78 is 17.7. The number of thioether (sulfide) groups is 1. The first-order chi connectivity index (χ1) is 16.2. The van der Waals surface area contributed by atoms with Crippen LogP contribution < -0.4 is 14.2 Å². The third-order valence-electron chi connectivity index (χ3n) is 5.13. The Morgan fingerprint density at radius 3 is 2.59 bits per heavy atom. The largest absolute Gasteiger partial charge is 0.493 e. The number of benzene rings is 2. The Bertz CT molecular complexity index is 1130. The Balaban J connectivity index is 1.72. The Hall–Kier alpha value is -2.71. The Morgan fingerprint density at radius 2 is 1.91 bits per heavy atom. The fourth-order valence-corrected chi connectivity index (χ4v) is 4.88. The van der Waals surface area contributed by atoms with Crippen LogP contribution >= 0.6 is 27.7 Å². The Kier molecular flexibility index (Phi) is 8.85. The standard InChI is InChI=1S/C26H28BrNO5S/c1-6-10-33-24-20(27)13-18(14-22(24)31-5)15-23-25(29)28(26(30)34-23)9-11-32-21-12-17(4)7-8-19(21)16(2)3/h6-8,12-16H,1,9-11H2,2-5H3/b23-15-. The van der Waals surface area contributed by atoms with Gasteiger partial charge in [-0.15, -0.1) is 0 Å². The summed E-state index contributed by atoms with van der Waals surface area (Å²) in [6, 6.07) is 9.65. The number of ether oxygens (including phenoxy) is 3. The number of aryl methyl sites for hydroxylation is 1. The first-order valence-corrected chi connectivity index (χ1v) is 12.5. The molecule has 1 aliphatic heterocycles. The van der Waals surface area contributed by atoms with Crippen molar-refractivity contribution in [2.45, 2.75) is 26.7 Å². The zero-order valence-electron chi connectivity index (χ0n) is 19.7. The van der Waals surface area contributed by atoms with Crippen molar-refractivity contribution in [2.24, 2.45) is 0 Å². The van der Waals surface area contributed by atoms with Crippen molar-refractivity contribution < 1.29 is 23.8 Å². The molecular formula is C26H28BrNO5S. The lowest BCUT2D eigenvalue weighted by atomic mass is 10.0. The van der Waals surface area contributed by atoms with Gasteiger partial charge in [0.05, 0.1) is 23.0 Å². The van der Waals surface area contributed by atoms with Gasteiger partial charge in [0.2, 0.25) is 0 Å². The number of imide groups is 1. The third kappa shape index (κ3) is 6.04. The predicted molar refractivity (Wildman–Crippen MR) is 140 cm³/mol. The number of methoxy groups -OCH3 is 1. The molecule has 1 saturated heterocycles. The maximum absolute atomic E-state index is 12.9. The van der Waals surface area contributed by atoms with Crippen molar-refractivity contribution >= 4 is 44.9 Å². The van der Waals surface area contributed by atoms with Crippen molar-refractivity contribution in [3.8, 4) is 17.2 Å². The van der Waals surface area contributed by atoms with Crippen LogP contribution in [0.4, 0.5) is 4.79 Å². The summed E-state index contributed by atoms with van der Waals surface area (Å²) in [5.74, 6) is 1.80. The van der Waals surface area contributed by atoms with E-state index in [1.807, 2.05) is 19.1 Å². The molecule has 0 atom stereocenters. The number of hydrogen-bond donors (Lipinski definition) is 0. The molecule has 0 N–H and O–H groups in total. The van der Waals surface area contributed by atoms with Crippen LogP contribution in [-0.4, -0.2) is 42.9 Å². The molecule has 8 heteroatoms. The number of carbonyl (C=O) groups is 2. The third-order valence-corrected chi connectivity index (χ3v) is 6.63. The van der Waals surface area contributed by atoms with E-state index in [2.05, 4.69) is 48.5 Å². The van der Waals surface area contributed by atoms with Crippen LogP contribution in [0, 0.1) is 6.92 Å². The lowest BCUT2D eigenvalue weighted by molar-refractivity contribution is -0.123. The molecule has 2 aromatic rings. The number of halogens is 1. The summed E-state index contributed by atoms with van der Waals surface area (Å²) in [5, 5.41) is -0.315. The van der Waals surface area contributed by atoms with Crippen LogP contribution in [0.5, 0.6) is 17.2 Å². The number of amides is 2. The molecule has 0 saturated carbocycles. The monoisotopic (exact) mass is 545 g/mol. The molecule has 1 fully saturated rings. The van der Waals surface area contributed by atoms with Gasteiger partial charge in [0.1, 0.15) is 19.0 Å². The molecule has 0 unspecified atom stereocenters. The van der Waals surface area contributed by atoms with Gasteiger partial charge in [0.25, 0.3) is 11.1 Å². The quantitative estimate of drug-likeness (QED) is 0.248. The van der Waals surface area contributed by atoms with Crippen molar-refractivity contribution in [3.63, 3.8) is 0 Å². The van der Waals surface area contributed by atoms with Gasteiger partial charge in [-0.2, -0.15) is 0 Å². The number of carbonyl (C=O) groups excluding carboxylic acids is 2. The van der Waals surface area contributed by atoms with Gasteiger partial charge >= 0.3 is 0 Å². The minimum atomic E-state index is -0.339. The van der Waals surface area contributed by atoms with Gasteiger partial charge in [-0.1, -0.05) is 38.6 Å². The summed E-state index contributed by atoms with van der Waals surface area (Å²) in [6.45, 7) is 10.6. The average molecular weight is 546 g/mol. The maximum atomic E-state index is 12.9. The highest BCUT2D eigenvalue weighted by atomic mass is 79.9. The molecule has 180 valence electrons. The van der Waals surface area contributed by atoms with Gasteiger partial charge in [0, 0.05) is 0 Å². The first kappa shape index (κ1) is 25.9. The highest BCUT2D eigenvalue weighted by Gasteiger charge is 2.35. The van der Waals surface area contributed by atoms with Crippen LogP contribution in [0.1, 0.15) is 36.5 Å². The van der Waals surface area contributed by atoms with Crippen LogP contribution in [0.15, 0.2) is 52.4 Å². The number of nitrogens with zero attached hydrogens (tertiary/aromatic N) is 1. The molecule has 0 radical (unpaired) electrons. The van der Waals surface area contributed by atoms with Gasteiger partial charge in [-0.25, -0.2) is 0 Å². The molecule has 34 heavy (non-hydrogen) atoms. The average Bonchev–Trinajstić information content (AvgIpc) is 3.05. The van der Waals surface area contributed by atoms with E-state index in [1.54, 1.807) is 25.3 Å². The van der Waals surface area contributed by atoms with E-state index in [9.17, 15) is 9.59 Å². The van der Waals surface area contributed by atoms with Crippen LogP contribution in [0.2, 0.25) is 0 Å². The Labute approximate surface area is 213 Å². The minimum Gasteiger partial charge on any atom is -0.493 e. The number of hydrogen-bond acceptors (Lipinski definition) is 6. The molecule has 0 aromatic heterocycles. The van der Waals surface area contributed by atoms with Crippen LogP contribution in [0.25, 0.3) is 6.08 Å². The smallest absolute Gasteiger partial charge is 0.293 e. The van der Waals surface area contributed by atoms with E-state index < -0.39 is 0 Å². The first-order valence-electron chi connectivity index (χ1n) is 10.8. The molecule has 1 aliphatic rings. The van der Waals surface area contributed by atoms with Gasteiger partial charge < -0.3 is 14.2 Å². The van der Waals surface area contributed by atoms with Crippen molar-refractivity contribution in [2.75, 3.05) is 26.9 Å². The fraction of sp³-hybridized carbons (Fsp3) is 0.308. The maximum Gasteiger partial charge on any atom is 0.293 e. The molecule has 2 amide bonds. The summed E-state index contributed by atoms with van der Waals surface area (Å²) >= 11 is 4.39. The van der Waals surface area contributed by atoms with E-state index >= 15 is 0 Å². The van der Waals surface area contributed by atoms with E-state index in [0.717, 1.165) is 28.6 Å². The SMILES string of the molecule is C=CCOc1c(Br)cc(/C=C2\SC(=O)N(CCOc3cc(C)ccc3C(C)C)C2=O)cc1OC. The lowest BCUT2D eigenvalue weighted by Gasteiger charge is -2.17. The van der Waals surface area contributed by atoms with Crippen LogP contribution in [0.3, 0.4) is 0 Å². The summed E-state index contributed by atoms with van der Waals surface area (Å²) in [7, 11) is 1.54.